The number of amides is 7. The summed E-state index contributed by atoms with van der Waals surface area (Å²) in [5.74, 6) is -4.65. The summed E-state index contributed by atoms with van der Waals surface area (Å²) in [6.45, 7) is 6.62. The molecule has 3 aromatic carbocycles. The van der Waals surface area contributed by atoms with Crippen molar-refractivity contribution in [2.24, 2.45) is 22.2 Å². The number of ether oxygens (including phenoxy) is 1. The fourth-order valence-corrected chi connectivity index (χ4v) is 11.2. The minimum atomic E-state index is -1.67. The molecule has 24 heteroatoms. The normalized spacial score (nSPS) is 24.5. The number of aliphatic hydroxyl groups excluding tert-OH is 2. The van der Waals surface area contributed by atoms with E-state index in [1.807, 2.05) is 24.3 Å². The number of carbonyl (C=O) groups is 7. The van der Waals surface area contributed by atoms with Crippen molar-refractivity contribution in [1.82, 2.24) is 36.4 Å². The number of hydrogen-bond donors (Lipinski definition) is 11. The second kappa shape index (κ2) is 30.6. The van der Waals surface area contributed by atoms with Crippen LogP contribution in [0.2, 0.25) is 0 Å². The van der Waals surface area contributed by atoms with Crippen molar-refractivity contribution in [2.45, 2.75) is 152 Å². The molecular weight excluding hydrogens is 1070 g/mol. The molecule has 0 aliphatic carbocycles. The van der Waals surface area contributed by atoms with Gasteiger partial charge in [-0.15, -0.1) is 0 Å². The molecule has 4 saturated heterocycles. The fourth-order valence-electron chi connectivity index (χ4n) is 11.2. The smallest absolute Gasteiger partial charge is 0.251 e. The third-order valence-corrected chi connectivity index (χ3v) is 15.8. The van der Waals surface area contributed by atoms with Gasteiger partial charge in [0, 0.05) is 75.6 Å². The second-order valence-corrected chi connectivity index (χ2v) is 22.1. The first-order valence-corrected chi connectivity index (χ1v) is 29.3. The lowest BCUT2D eigenvalue weighted by Gasteiger charge is -2.37. The number of nitrogens with zero attached hydrogens (tertiary/aromatic N) is 5. The molecule has 4 heterocycles. The third kappa shape index (κ3) is 17.7. The van der Waals surface area contributed by atoms with Crippen molar-refractivity contribution in [2.75, 3.05) is 68.8 Å². The average molecular weight is 1150 g/mol. The Balaban J connectivity index is 1.07. The van der Waals surface area contributed by atoms with Crippen LogP contribution in [0, 0.1) is 0 Å². The van der Waals surface area contributed by atoms with Crippen LogP contribution >= 0.6 is 0 Å². The van der Waals surface area contributed by atoms with Gasteiger partial charge in [-0.25, -0.2) is 4.99 Å². The lowest BCUT2D eigenvalue weighted by atomic mass is 10.0. The zero-order chi connectivity index (χ0) is 59.6. The zero-order valence-corrected chi connectivity index (χ0v) is 47.8. The molecule has 3 aromatic rings. The van der Waals surface area contributed by atoms with Crippen molar-refractivity contribution < 1.29 is 53.6 Å². The van der Waals surface area contributed by atoms with Crippen LogP contribution in [-0.2, 0) is 35.2 Å². The van der Waals surface area contributed by atoms with Crippen molar-refractivity contribution in [3.63, 3.8) is 0 Å². The molecule has 24 nitrogen and oxygen atoms in total. The number of anilines is 2. The summed E-state index contributed by atoms with van der Waals surface area (Å²) in [5, 5.41) is 45.6. The van der Waals surface area contributed by atoms with Crippen molar-refractivity contribution >= 4 is 58.7 Å². The quantitative estimate of drug-likeness (QED) is 0.0442. The first kappa shape index (κ1) is 62.9. The highest BCUT2D eigenvalue weighted by atomic mass is 16.5. The molecule has 4 fully saturated rings. The van der Waals surface area contributed by atoms with Crippen LogP contribution in [0.5, 0.6) is 11.5 Å². The lowest BCUT2D eigenvalue weighted by Crippen LogP contribution is -2.61. The number of nitrogens with two attached hydrogens (primary N) is 3. The molecule has 14 N–H and O–H groups in total. The highest BCUT2D eigenvalue weighted by Gasteiger charge is 2.46. The van der Waals surface area contributed by atoms with Gasteiger partial charge in [0.05, 0.1) is 24.9 Å². The molecule has 7 amide bonds. The van der Waals surface area contributed by atoms with E-state index >= 15 is 0 Å². The summed E-state index contributed by atoms with van der Waals surface area (Å²) >= 11 is 0. The van der Waals surface area contributed by atoms with E-state index in [-0.39, 0.29) is 88.4 Å². The van der Waals surface area contributed by atoms with Crippen molar-refractivity contribution in [3.8, 4) is 11.5 Å². The van der Waals surface area contributed by atoms with Crippen molar-refractivity contribution in [3.05, 3.63) is 83.9 Å². The van der Waals surface area contributed by atoms with Gasteiger partial charge in [-0.3, -0.25) is 33.6 Å². The maximum Gasteiger partial charge on any atom is 0.251 e. The van der Waals surface area contributed by atoms with Crippen LogP contribution in [0.25, 0.3) is 0 Å². The predicted molar refractivity (Wildman–Crippen MR) is 313 cm³/mol. The summed E-state index contributed by atoms with van der Waals surface area (Å²) in [6.07, 6.45) is 4.33. The maximum atomic E-state index is 14.5. The van der Waals surface area contributed by atoms with E-state index in [0.717, 1.165) is 54.6 Å². The highest BCUT2D eigenvalue weighted by Crippen LogP contribution is 2.27. The molecule has 4 aliphatic rings. The Morgan fingerprint density at radius 1 is 0.735 bits per heavy atom. The van der Waals surface area contributed by atoms with Crippen LogP contribution in [0.4, 0.5) is 11.4 Å². The Bertz CT molecular complexity index is 2690. The topological polar surface area (TPSA) is 353 Å². The molecule has 9 atom stereocenters. The molecule has 0 spiro atoms. The highest BCUT2D eigenvalue weighted by molar-refractivity contribution is 6.00. The van der Waals surface area contributed by atoms with E-state index in [9.17, 15) is 48.9 Å². The number of aromatic hydroxyl groups is 1. The largest absolute Gasteiger partial charge is 0.508 e. The standard InChI is InChI=1S/C59H85N13O11/c1-3-4-5-6-7-8-32-83-45-22-18-42(19-23-45)70-30-28-69(29-31-70)41-16-14-39(15-17-41)52(76)65-46-10-9-27-63-55(79)49-33-40(64-59(61)62)35-71(49)57(81)48(25-26-60)67-53(77)47(24-13-38-11-20-43(74)21-12-38)66-56(80)50-34-44(75)36-72(50)58(82)51(37(2)73)68-54(46)78/h11-12,14-23,37,40,44,46-51,73-75H,3-10,13,24-36,60H2,1-2H3,(H,63,79)(H,65,76)(H,66,80)(H,67,77)(H,68,78)(H4,61,62,64)/t37-,40+,44-,46+,47+,48+,49+,50+,51+/m1/s1. The Labute approximate surface area is 485 Å². The van der Waals surface area contributed by atoms with Gasteiger partial charge in [-0.05, 0) is 118 Å². The fraction of sp³-hybridized carbons (Fsp3) is 0.559. The summed E-state index contributed by atoms with van der Waals surface area (Å²) < 4.78 is 5.99. The number of guanidine groups is 1. The zero-order valence-electron chi connectivity index (χ0n) is 47.8. The SMILES string of the molecule is CCCCCCCCOc1ccc(N2CCN(c3ccc(C(=O)N[C@H]4CCCNC(=O)[C@@H]5C[C@H](N=C(N)N)CN5C(=O)[C@H](CCN)NC(=O)[C@H](CCc5ccc(O)cc5)NC(=O)[C@@H]5C[C@@H](O)CN5C(=O)[C@H]([C@@H](C)O)NC4=O)cc3)CC2)cc1. The van der Waals surface area contributed by atoms with Gasteiger partial charge < -0.3 is 83.4 Å². The van der Waals surface area contributed by atoms with Crippen molar-refractivity contribution in [1.29, 1.82) is 0 Å². The van der Waals surface area contributed by atoms with E-state index in [1.54, 1.807) is 24.3 Å². The summed E-state index contributed by atoms with van der Waals surface area (Å²) in [6, 6.07) is 12.5. The lowest BCUT2D eigenvalue weighted by molar-refractivity contribution is -0.145. The van der Waals surface area contributed by atoms with Gasteiger partial charge in [0.25, 0.3) is 5.91 Å². The van der Waals surface area contributed by atoms with Gasteiger partial charge in [-0.2, -0.15) is 0 Å². The predicted octanol–water partition coefficient (Wildman–Crippen LogP) is 0.488. The number of rotatable bonds is 19. The first-order chi connectivity index (χ1) is 39.9. The molecule has 7 rings (SSSR count). The molecule has 0 bridgehead atoms. The Kier molecular flexibility index (Phi) is 23.2. The Hall–Kier alpha value is -7.70. The molecule has 83 heavy (non-hydrogen) atoms. The number of nitrogens with one attached hydrogen (secondary N) is 5. The molecule has 0 radical (unpaired) electrons. The maximum absolute atomic E-state index is 14.5. The minimum Gasteiger partial charge on any atom is -0.508 e. The van der Waals surface area contributed by atoms with Crippen LogP contribution in [0.1, 0.15) is 107 Å². The van der Waals surface area contributed by atoms with E-state index in [1.165, 1.54) is 56.1 Å². The van der Waals surface area contributed by atoms with Crippen LogP contribution in [-0.4, -0.2) is 186 Å². The number of phenols is 1. The molecule has 0 aromatic heterocycles. The number of phenolic OH excluding ortho intramolecular Hbond substituents is 1. The minimum absolute atomic E-state index is 0.0125. The van der Waals surface area contributed by atoms with Gasteiger partial charge in [0.1, 0.15) is 47.8 Å². The molecule has 0 saturated carbocycles. The van der Waals surface area contributed by atoms with Gasteiger partial charge in [-0.1, -0.05) is 51.2 Å². The third-order valence-electron chi connectivity index (χ3n) is 15.8. The molecule has 0 unspecified atom stereocenters. The second-order valence-electron chi connectivity index (χ2n) is 22.1. The number of hydrogen-bond acceptors (Lipinski definition) is 15. The van der Waals surface area contributed by atoms with E-state index in [2.05, 4.69) is 60.4 Å². The first-order valence-electron chi connectivity index (χ1n) is 29.3. The number of aliphatic imine (C=N–C) groups is 1. The van der Waals surface area contributed by atoms with E-state index in [0.29, 0.717) is 12.2 Å². The number of benzene rings is 3. The summed E-state index contributed by atoms with van der Waals surface area (Å²) in [5.41, 5.74) is 20.4. The van der Waals surface area contributed by atoms with Gasteiger partial charge >= 0.3 is 0 Å². The van der Waals surface area contributed by atoms with Gasteiger partial charge in [0.15, 0.2) is 5.96 Å². The van der Waals surface area contributed by atoms with E-state index < -0.39 is 95.9 Å². The number of aryl methyl sites for hydroxylation is 1. The molecule has 452 valence electrons. The summed E-state index contributed by atoms with van der Waals surface area (Å²) in [7, 11) is 0. The van der Waals surface area contributed by atoms with Crippen LogP contribution in [0.15, 0.2) is 77.8 Å². The number of aliphatic hydroxyl groups is 2. The number of carbonyl (C=O) groups excluding carboxylic acids is 7. The Morgan fingerprint density at radius 3 is 1.99 bits per heavy atom. The number of unbranched alkanes of at least 4 members (excludes halogenated alkanes) is 5. The number of fused-ring (bicyclic) bond motifs is 2. The molecular formula is C59H85N13O11. The molecule has 4 aliphatic heterocycles. The number of piperazine rings is 1. The van der Waals surface area contributed by atoms with E-state index in [4.69, 9.17) is 21.9 Å². The Morgan fingerprint density at radius 2 is 1.35 bits per heavy atom. The van der Waals surface area contributed by atoms with Gasteiger partial charge in [0.2, 0.25) is 35.4 Å². The summed E-state index contributed by atoms with van der Waals surface area (Å²) in [4.78, 5) is 111. The van der Waals surface area contributed by atoms with Crippen LogP contribution < -0.4 is 58.3 Å². The monoisotopic (exact) mass is 1150 g/mol. The van der Waals surface area contributed by atoms with Crippen LogP contribution in [0.3, 0.4) is 0 Å². The average Bonchev–Trinajstić information content (AvgIpc) is 4.13.